The van der Waals surface area contributed by atoms with E-state index in [0.29, 0.717) is 5.11 Å². The van der Waals surface area contributed by atoms with Crippen molar-refractivity contribution in [1.82, 2.24) is 19.9 Å². The van der Waals surface area contributed by atoms with E-state index in [0.717, 1.165) is 52.5 Å². The second kappa shape index (κ2) is 10.1. The first-order chi connectivity index (χ1) is 18.1. The molecule has 8 heteroatoms. The first kappa shape index (κ1) is 23.9. The zero-order valence-corrected chi connectivity index (χ0v) is 22.2. The van der Waals surface area contributed by atoms with Crippen LogP contribution in [0.2, 0.25) is 5.02 Å². The van der Waals surface area contributed by atoms with Crippen LogP contribution < -0.4 is 15.1 Å². The van der Waals surface area contributed by atoms with Crippen LogP contribution in [-0.4, -0.2) is 32.7 Å². The van der Waals surface area contributed by atoms with Gasteiger partial charge in [0, 0.05) is 43.1 Å². The van der Waals surface area contributed by atoms with Crippen molar-refractivity contribution in [3.05, 3.63) is 102 Å². The van der Waals surface area contributed by atoms with Gasteiger partial charge in [0.2, 0.25) is 0 Å². The van der Waals surface area contributed by atoms with Crippen LogP contribution in [0.15, 0.2) is 85.5 Å². The number of anilines is 2. The summed E-state index contributed by atoms with van der Waals surface area (Å²) in [6.45, 7) is 4.39. The zero-order valence-electron chi connectivity index (χ0n) is 20.7. The molecule has 2 saturated heterocycles. The summed E-state index contributed by atoms with van der Waals surface area (Å²) >= 11 is 12.9. The van der Waals surface area contributed by atoms with Gasteiger partial charge in [-0.05, 0) is 85.6 Å². The largest absolute Gasteiger partial charge is 0.370 e. The van der Waals surface area contributed by atoms with Crippen LogP contribution in [0.1, 0.15) is 43.2 Å². The Hall–Kier alpha value is -3.42. The maximum atomic E-state index is 6.92. The van der Waals surface area contributed by atoms with E-state index in [1.807, 2.05) is 42.7 Å². The van der Waals surface area contributed by atoms with Crippen LogP contribution in [0, 0.1) is 5.92 Å². The summed E-state index contributed by atoms with van der Waals surface area (Å²) in [6.07, 6.45) is 9.93. The third-order valence-corrected chi connectivity index (χ3v) is 8.06. The normalized spacial score (nSPS) is 20.3. The van der Waals surface area contributed by atoms with Gasteiger partial charge in [0.05, 0.1) is 34.3 Å². The molecule has 0 spiro atoms. The molecular weight excluding hydrogens is 500 g/mol. The molecule has 37 heavy (non-hydrogen) atoms. The number of halogens is 1. The summed E-state index contributed by atoms with van der Waals surface area (Å²) in [5.41, 5.74) is 5.06. The van der Waals surface area contributed by atoms with E-state index in [1.165, 1.54) is 12.8 Å². The Bertz CT molecular complexity index is 1380. The third-order valence-electron chi connectivity index (χ3n) is 7.44. The number of piperidine rings is 1. The fraction of sp³-hybridized carbons (Fsp3) is 0.276. The van der Waals surface area contributed by atoms with Crippen LogP contribution in [0.3, 0.4) is 0 Å². The van der Waals surface area contributed by atoms with E-state index in [1.54, 1.807) is 6.20 Å². The fourth-order valence-corrected chi connectivity index (χ4v) is 6.09. The lowest BCUT2D eigenvalue weighted by Crippen LogP contribution is -2.33. The molecule has 1 aromatic carbocycles. The molecule has 2 aliphatic rings. The number of benzene rings is 1. The molecule has 6 nitrogen and oxygen atoms in total. The standard InChI is InChI=1S/C29H29ClN6S/c1-20-11-16-34(17-12-20)25-10-9-21(18-23(25)30)36-28(27(33-29(36)37)24-7-2-3-14-32-24)26-8-5-15-35(26)22-6-4-13-31-19-22/h2-10,13-15,18-20,27-28H,11-12,16-17H2,1H3,(H,33,37)/t27-,28+/m1/s1. The van der Waals surface area contributed by atoms with Gasteiger partial charge in [-0.15, -0.1) is 0 Å². The number of nitrogens with zero attached hydrogens (tertiary/aromatic N) is 5. The van der Waals surface area contributed by atoms with Gasteiger partial charge in [0.1, 0.15) is 6.04 Å². The highest BCUT2D eigenvalue weighted by Crippen LogP contribution is 2.44. The van der Waals surface area contributed by atoms with Crippen LogP contribution in [0.5, 0.6) is 0 Å². The van der Waals surface area contributed by atoms with Gasteiger partial charge in [0.25, 0.3) is 0 Å². The van der Waals surface area contributed by atoms with E-state index in [2.05, 4.69) is 73.1 Å². The van der Waals surface area contributed by atoms with Crippen molar-refractivity contribution in [2.75, 3.05) is 22.9 Å². The smallest absolute Gasteiger partial charge is 0.174 e. The number of hydrogen-bond acceptors (Lipinski definition) is 4. The maximum Gasteiger partial charge on any atom is 0.174 e. The molecule has 4 aromatic rings. The van der Waals surface area contributed by atoms with Crippen molar-refractivity contribution < 1.29 is 0 Å². The minimum atomic E-state index is -0.143. The zero-order chi connectivity index (χ0) is 25.4. The van der Waals surface area contributed by atoms with Gasteiger partial charge in [-0.25, -0.2) is 0 Å². The molecule has 3 aromatic heterocycles. The molecule has 5 heterocycles. The molecule has 0 bridgehead atoms. The second-order valence-corrected chi connectivity index (χ2v) is 10.6. The highest BCUT2D eigenvalue weighted by molar-refractivity contribution is 7.80. The number of thiocarbonyl (C=S) groups is 1. The van der Waals surface area contributed by atoms with Crippen molar-refractivity contribution in [1.29, 1.82) is 0 Å². The highest BCUT2D eigenvalue weighted by atomic mass is 35.5. The first-order valence-corrected chi connectivity index (χ1v) is 13.5. The summed E-state index contributed by atoms with van der Waals surface area (Å²) in [5.74, 6) is 0.766. The molecule has 0 saturated carbocycles. The van der Waals surface area contributed by atoms with E-state index >= 15 is 0 Å². The average molecular weight is 529 g/mol. The fourth-order valence-electron chi connectivity index (χ4n) is 5.45. The molecule has 188 valence electrons. The van der Waals surface area contributed by atoms with Gasteiger partial charge in [-0.1, -0.05) is 24.6 Å². The Balaban J connectivity index is 1.42. The van der Waals surface area contributed by atoms with E-state index in [4.69, 9.17) is 23.8 Å². The lowest BCUT2D eigenvalue weighted by molar-refractivity contribution is 0.438. The molecule has 0 unspecified atom stereocenters. The number of pyridine rings is 2. The van der Waals surface area contributed by atoms with E-state index in [9.17, 15) is 0 Å². The minimum absolute atomic E-state index is 0.138. The Morgan fingerprint density at radius 2 is 1.84 bits per heavy atom. The van der Waals surface area contributed by atoms with Gasteiger partial charge in [-0.3, -0.25) is 9.97 Å². The number of hydrogen-bond donors (Lipinski definition) is 1. The SMILES string of the molecule is CC1CCN(c2ccc(N3C(=S)N[C@H](c4ccccn4)[C@@H]3c3cccn3-c3cccnc3)cc2Cl)CC1. The number of aromatic nitrogens is 3. The van der Waals surface area contributed by atoms with Crippen molar-refractivity contribution in [2.45, 2.75) is 31.8 Å². The minimum Gasteiger partial charge on any atom is -0.370 e. The Morgan fingerprint density at radius 1 is 0.973 bits per heavy atom. The molecule has 0 aliphatic carbocycles. The molecule has 2 atom stereocenters. The predicted molar refractivity (Wildman–Crippen MR) is 154 cm³/mol. The van der Waals surface area contributed by atoms with Crippen LogP contribution in [0.4, 0.5) is 11.4 Å². The maximum absolute atomic E-state index is 6.92. The Kier molecular flexibility index (Phi) is 6.57. The lowest BCUT2D eigenvalue weighted by Gasteiger charge is -2.33. The van der Waals surface area contributed by atoms with Gasteiger partial charge < -0.3 is 19.7 Å². The molecule has 1 N–H and O–H groups in total. The van der Waals surface area contributed by atoms with E-state index < -0.39 is 0 Å². The molecule has 2 aliphatic heterocycles. The van der Waals surface area contributed by atoms with Crippen molar-refractivity contribution in [3.63, 3.8) is 0 Å². The van der Waals surface area contributed by atoms with Crippen LogP contribution in [0.25, 0.3) is 5.69 Å². The summed E-state index contributed by atoms with van der Waals surface area (Å²) in [6, 6.07) is 20.2. The number of nitrogens with one attached hydrogen (secondary N) is 1. The molecular formula is C29H29ClN6S. The molecule has 6 rings (SSSR count). The van der Waals surface area contributed by atoms with Gasteiger partial charge >= 0.3 is 0 Å². The van der Waals surface area contributed by atoms with E-state index in [-0.39, 0.29) is 12.1 Å². The van der Waals surface area contributed by atoms with Crippen LogP contribution in [-0.2, 0) is 0 Å². The van der Waals surface area contributed by atoms with Gasteiger partial charge in [0.15, 0.2) is 5.11 Å². The highest BCUT2D eigenvalue weighted by Gasteiger charge is 2.42. The predicted octanol–water partition coefficient (Wildman–Crippen LogP) is 6.33. The third kappa shape index (κ3) is 4.58. The lowest BCUT2D eigenvalue weighted by atomic mass is 9.98. The molecule has 0 amide bonds. The summed E-state index contributed by atoms with van der Waals surface area (Å²) in [5, 5.41) is 4.95. The Labute approximate surface area is 227 Å². The topological polar surface area (TPSA) is 49.2 Å². The summed E-state index contributed by atoms with van der Waals surface area (Å²) in [7, 11) is 0. The summed E-state index contributed by atoms with van der Waals surface area (Å²) in [4.78, 5) is 13.6. The van der Waals surface area contributed by atoms with Crippen molar-refractivity contribution in [2.24, 2.45) is 5.92 Å². The molecule has 0 radical (unpaired) electrons. The van der Waals surface area contributed by atoms with Gasteiger partial charge in [-0.2, -0.15) is 0 Å². The number of rotatable bonds is 5. The quantitative estimate of drug-likeness (QED) is 0.305. The average Bonchev–Trinajstić information content (AvgIpc) is 3.54. The van der Waals surface area contributed by atoms with Crippen LogP contribution >= 0.6 is 23.8 Å². The monoisotopic (exact) mass is 528 g/mol. The van der Waals surface area contributed by atoms with Crippen molar-refractivity contribution in [3.8, 4) is 5.69 Å². The molecule has 2 fully saturated rings. The first-order valence-electron chi connectivity index (χ1n) is 12.7. The second-order valence-electron chi connectivity index (χ2n) is 9.82. The van der Waals surface area contributed by atoms with Crippen molar-refractivity contribution >= 4 is 40.3 Å². The summed E-state index contributed by atoms with van der Waals surface area (Å²) < 4.78 is 2.17. The Morgan fingerprint density at radius 3 is 2.57 bits per heavy atom.